The number of nitrogens with one attached hydrogen (secondary N) is 2. The lowest BCUT2D eigenvalue weighted by Crippen LogP contribution is -2.24. The van der Waals surface area contributed by atoms with Gasteiger partial charge in [0, 0.05) is 25.2 Å². The van der Waals surface area contributed by atoms with E-state index in [4.69, 9.17) is 0 Å². The minimum Gasteiger partial charge on any atom is -0.375 e. The van der Waals surface area contributed by atoms with Crippen molar-refractivity contribution in [2.24, 2.45) is 7.05 Å². The molecule has 8 nitrogen and oxygen atoms in total. The highest BCUT2D eigenvalue weighted by molar-refractivity contribution is 5.95. The summed E-state index contributed by atoms with van der Waals surface area (Å²) in [6.45, 7) is 0.658. The molecule has 0 saturated heterocycles. The van der Waals surface area contributed by atoms with Gasteiger partial charge in [-0.2, -0.15) is 0 Å². The van der Waals surface area contributed by atoms with Crippen LogP contribution < -0.4 is 10.6 Å². The lowest BCUT2D eigenvalue weighted by atomic mass is 10.1. The van der Waals surface area contributed by atoms with Crippen LogP contribution in [0.3, 0.4) is 0 Å². The molecule has 4 aromatic rings. The summed E-state index contributed by atoms with van der Waals surface area (Å²) in [5, 5.41) is 17.4. The van der Waals surface area contributed by atoms with Gasteiger partial charge in [0.1, 0.15) is 11.5 Å². The Morgan fingerprint density at radius 2 is 1.77 bits per heavy atom. The molecule has 0 unspecified atom stereocenters. The van der Waals surface area contributed by atoms with Gasteiger partial charge in [-0.1, -0.05) is 42.5 Å². The molecule has 0 bridgehead atoms. The summed E-state index contributed by atoms with van der Waals surface area (Å²) >= 11 is 0. The molecule has 4 rings (SSSR count). The van der Waals surface area contributed by atoms with Gasteiger partial charge in [0.2, 0.25) is 0 Å². The van der Waals surface area contributed by atoms with E-state index < -0.39 is 10.8 Å². The Balaban J connectivity index is 1.48. The molecule has 8 heteroatoms. The van der Waals surface area contributed by atoms with Crippen molar-refractivity contribution in [3.63, 3.8) is 0 Å². The molecule has 0 aliphatic heterocycles. The van der Waals surface area contributed by atoms with Crippen molar-refractivity contribution in [1.29, 1.82) is 0 Å². The van der Waals surface area contributed by atoms with E-state index in [0.29, 0.717) is 18.1 Å². The second-order valence-corrected chi connectivity index (χ2v) is 7.09. The zero-order chi connectivity index (χ0) is 21.8. The number of nitro benzene ring substituents is 1. The maximum Gasteiger partial charge on any atom is 0.293 e. The van der Waals surface area contributed by atoms with Crippen molar-refractivity contribution in [2.75, 3.05) is 5.32 Å². The average Bonchev–Trinajstić information content (AvgIpc) is 3.12. The molecule has 1 amide bonds. The number of aryl methyl sites for hydroxylation is 1. The molecule has 0 saturated carbocycles. The summed E-state index contributed by atoms with van der Waals surface area (Å²) in [6.07, 6.45) is 0. The first kappa shape index (κ1) is 20.1. The van der Waals surface area contributed by atoms with Crippen molar-refractivity contribution >= 4 is 28.3 Å². The lowest BCUT2D eigenvalue weighted by molar-refractivity contribution is -0.384. The molecule has 0 radical (unpaired) electrons. The van der Waals surface area contributed by atoms with Crippen LogP contribution in [-0.4, -0.2) is 20.4 Å². The molecule has 0 aliphatic rings. The predicted octanol–water partition coefficient (Wildman–Crippen LogP) is 4.02. The van der Waals surface area contributed by atoms with Crippen LogP contribution in [0.4, 0.5) is 11.4 Å². The number of aromatic nitrogens is 2. The van der Waals surface area contributed by atoms with Crippen LogP contribution in [-0.2, 0) is 20.1 Å². The number of benzene rings is 3. The van der Waals surface area contributed by atoms with Gasteiger partial charge in [0.25, 0.3) is 11.6 Å². The predicted molar refractivity (Wildman–Crippen MR) is 119 cm³/mol. The Hall–Kier alpha value is -4.20. The number of nitro groups is 1. The van der Waals surface area contributed by atoms with Gasteiger partial charge >= 0.3 is 0 Å². The summed E-state index contributed by atoms with van der Waals surface area (Å²) in [5.41, 5.74) is 3.25. The molecule has 0 atom stereocenters. The molecule has 2 N–H and O–H groups in total. The van der Waals surface area contributed by atoms with E-state index in [1.54, 1.807) is 12.1 Å². The Kier molecular flexibility index (Phi) is 5.61. The first-order chi connectivity index (χ1) is 15.0. The molecule has 31 heavy (non-hydrogen) atoms. The van der Waals surface area contributed by atoms with Crippen LogP contribution in [0.2, 0.25) is 0 Å². The van der Waals surface area contributed by atoms with Gasteiger partial charge in [-0.05, 0) is 29.8 Å². The number of para-hydroxylation sites is 2. The summed E-state index contributed by atoms with van der Waals surface area (Å²) in [7, 11) is 1.88. The summed E-state index contributed by atoms with van der Waals surface area (Å²) in [5.74, 6) is 0.301. The van der Waals surface area contributed by atoms with Gasteiger partial charge in [0.05, 0.1) is 22.5 Å². The fourth-order valence-electron chi connectivity index (χ4n) is 3.38. The largest absolute Gasteiger partial charge is 0.375 e. The van der Waals surface area contributed by atoms with Crippen molar-refractivity contribution in [3.05, 3.63) is 99.9 Å². The molecule has 3 aromatic carbocycles. The Labute approximate surface area is 178 Å². The second-order valence-electron chi connectivity index (χ2n) is 7.09. The van der Waals surface area contributed by atoms with Gasteiger partial charge in [-0.3, -0.25) is 14.9 Å². The molecule has 1 aromatic heterocycles. The van der Waals surface area contributed by atoms with Gasteiger partial charge in [0.15, 0.2) is 0 Å². The van der Waals surface area contributed by atoms with Gasteiger partial charge in [-0.15, -0.1) is 0 Å². The monoisotopic (exact) mass is 415 g/mol. The molecule has 0 fully saturated rings. The summed E-state index contributed by atoms with van der Waals surface area (Å²) < 4.78 is 1.91. The first-order valence-corrected chi connectivity index (χ1v) is 9.77. The number of amides is 1. The highest BCUT2D eigenvalue weighted by atomic mass is 16.6. The number of imidazole rings is 1. The smallest absolute Gasteiger partial charge is 0.293 e. The zero-order valence-electron chi connectivity index (χ0n) is 16.9. The normalized spacial score (nSPS) is 10.7. The van der Waals surface area contributed by atoms with Gasteiger partial charge < -0.3 is 15.2 Å². The minimum absolute atomic E-state index is 0.147. The molecule has 156 valence electrons. The lowest BCUT2D eigenvalue weighted by Gasteiger charge is -2.10. The van der Waals surface area contributed by atoms with Crippen LogP contribution in [0.5, 0.6) is 0 Å². The van der Waals surface area contributed by atoms with E-state index in [-0.39, 0.29) is 17.8 Å². The number of hydrogen-bond donors (Lipinski definition) is 2. The van der Waals surface area contributed by atoms with Crippen molar-refractivity contribution in [3.8, 4) is 0 Å². The van der Waals surface area contributed by atoms with Crippen molar-refractivity contribution in [2.45, 2.75) is 13.1 Å². The van der Waals surface area contributed by atoms with E-state index in [1.165, 1.54) is 6.07 Å². The average molecular weight is 415 g/mol. The third-order valence-electron chi connectivity index (χ3n) is 5.07. The molecule has 0 aliphatic carbocycles. The van der Waals surface area contributed by atoms with Crippen LogP contribution in [0.15, 0.2) is 72.8 Å². The van der Waals surface area contributed by atoms with E-state index >= 15 is 0 Å². The fourth-order valence-corrected chi connectivity index (χ4v) is 3.38. The fraction of sp³-hybridized carbons (Fsp3) is 0.130. The quantitative estimate of drug-likeness (QED) is 0.351. The SMILES string of the molecule is Cn1c(CNC(=O)c2ccc(NCc3ccccc3)c([N+](=O)[O-])c2)nc2ccccc21. The number of carbonyl (C=O) groups excluding carboxylic acids is 1. The summed E-state index contributed by atoms with van der Waals surface area (Å²) in [6, 6.07) is 21.7. The van der Waals surface area contributed by atoms with Crippen molar-refractivity contribution in [1.82, 2.24) is 14.9 Å². The van der Waals surface area contributed by atoms with Crippen LogP contribution in [0.1, 0.15) is 21.7 Å². The number of fused-ring (bicyclic) bond motifs is 1. The molecule has 1 heterocycles. The maximum absolute atomic E-state index is 12.6. The topological polar surface area (TPSA) is 102 Å². The Bertz CT molecular complexity index is 1250. The highest BCUT2D eigenvalue weighted by Crippen LogP contribution is 2.26. The van der Waals surface area contributed by atoms with Crippen LogP contribution >= 0.6 is 0 Å². The number of hydrogen-bond acceptors (Lipinski definition) is 5. The van der Waals surface area contributed by atoms with Crippen molar-refractivity contribution < 1.29 is 9.72 Å². The maximum atomic E-state index is 12.6. The minimum atomic E-state index is -0.490. The third-order valence-corrected chi connectivity index (χ3v) is 5.07. The van der Waals surface area contributed by atoms with Gasteiger partial charge in [-0.25, -0.2) is 4.98 Å². The second kappa shape index (κ2) is 8.66. The van der Waals surface area contributed by atoms with E-state index in [0.717, 1.165) is 16.6 Å². The van der Waals surface area contributed by atoms with Crippen LogP contribution in [0, 0.1) is 10.1 Å². The summed E-state index contributed by atoms with van der Waals surface area (Å²) in [4.78, 5) is 28.2. The standard InChI is InChI=1S/C23H21N5O3/c1-27-20-10-6-5-9-19(20)26-22(27)15-25-23(29)17-11-12-18(21(13-17)28(30)31)24-14-16-7-3-2-4-8-16/h2-13,24H,14-15H2,1H3,(H,25,29). The molecular formula is C23H21N5O3. The Morgan fingerprint density at radius 1 is 1.03 bits per heavy atom. The van der Waals surface area contributed by atoms with E-state index in [2.05, 4.69) is 15.6 Å². The number of nitrogens with zero attached hydrogens (tertiary/aromatic N) is 3. The van der Waals surface area contributed by atoms with Crippen LogP contribution in [0.25, 0.3) is 11.0 Å². The Morgan fingerprint density at radius 3 is 2.52 bits per heavy atom. The number of rotatable bonds is 7. The third kappa shape index (κ3) is 4.37. The van der Waals surface area contributed by atoms with E-state index in [1.807, 2.05) is 66.2 Å². The molecule has 0 spiro atoms. The van der Waals surface area contributed by atoms with E-state index in [9.17, 15) is 14.9 Å². The number of carbonyl (C=O) groups is 1. The molecular weight excluding hydrogens is 394 g/mol. The zero-order valence-corrected chi connectivity index (χ0v) is 16.9. The highest BCUT2D eigenvalue weighted by Gasteiger charge is 2.18. The first-order valence-electron chi connectivity index (χ1n) is 9.77. The number of anilines is 1.